The van der Waals surface area contributed by atoms with E-state index in [1.165, 1.54) is 6.07 Å². The second kappa shape index (κ2) is 5.87. The van der Waals surface area contributed by atoms with Crippen molar-refractivity contribution in [2.45, 2.75) is 11.0 Å². The highest BCUT2D eigenvalue weighted by Crippen LogP contribution is 2.19. The van der Waals surface area contributed by atoms with Gasteiger partial charge in [-0.15, -0.1) is 0 Å². The van der Waals surface area contributed by atoms with Crippen molar-refractivity contribution in [2.24, 2.45) is 5.14 Å². The molecule has 19 heavy (non-hydrogen) atoms. The minimum Gasteiger partial charge on any atom is -0.381 e. The number of hydrogen-bond donors (Lipinski definition) is 2. The van der Waals surface area contributed by atoms with E-state index in [2.05, 4.69) is 10.2 Å². The Labute approximate surface area is 113 Å². The average molecular weight is 285 g/mol. The maximum Gasteiger partial charge on any atom is 0.240 e. The van der Waals surface area contributed by atoms with E-state index in [-0.39, 0.29) is 11.0 Å². The number of ether oxygens (including phenoxy) is 1. The van der Waals surface area contributed by atoms with Gasteiger partial charge >= 0.3 is 0 Å². The van der Waals surface area contributed by atoms with Crippen molar-refractivity contribution in [2.75, 3.05) is 38.6 Å². The van der Waals surface area contributed by atoms with E-state index in [0.717, 1.165) is 13.1 Å². The van der Waals surface area contributed by atoms with Crippen molar-refractivity contribution in [1.82, 2.24) is 4.90 Å². The third kappa shape index (κ3) is 3.90. The molecular weight excluding hydrogens is 266 g/mol. The fourth-order valence-corrected chi connectivity index (χ4v) is 2.79. The van der Waals surface area contributed by atoms with Crippen molar-refractivity contribution in [3.63, 3.8) is 0 Å². The number of morpholine rings is 1. The van der Waals surface area contributed by atoms with Gasteiger partial charge in [0.2, 0.25) is 10.0 Å². The molecule has 0 radical (unpaired) electrons. The molecule has 6 nitrogen and oxygen atoms in total. The Morgan fingerprint density at radius 3 is 2.89 bits per heavy atom. The van der Waals surface area contributed by atoms with E-state index in [1.807, 2.05) is 7.05 Å². The standard InChI is InChI=1S/C12H19N3O3S/c1-15-6-7-18-10(9-15)8-14-11-4-2-3-5-12(11)19(13,16)17/h2-5,10,14H,6-9H2,1H3,(H2,13,16,17). The lowest BCUT2D eigenvalue weighted by molar-refractivity contribution is -0.0117. The Hall–Kier alpha value is -1.15. The largest absolute Gasteiger partial charge is 0.381 e. The molecule has 1 aliphatic rings. The Morgan fingerprint density at radius 2 is 2.21 bits per heavy atom. The monoisotopic (exact) mass is 285 g/mol. The summed E-state index contributed by atoms with van der Waals surface area (Å²) in [6.07, 6.45) is 0.0484. The minimum atomic E-state index is -3.71. The van der Waals surface area contributed by atoms with Crippen molar-refractivity contribution < 1.29 is 13.2 Å². The number of likely N-dealkylation sites (N-methyl/N-ethyl adjacent to an activating group) is 1. The lowest BCUT2D eigenvalue weighted by Gasteiger charge is -2.30. The van der Waals surface area contributed by atoms with Gasteiger partial charge in [-0.1, -0.05) is 12.1 Å². The third-order valence-electron chi connectivity index (χ3n) is 3.06. The molecule has 0 saturated carbocycles. The number of rotatable bonds is 4. The third-order valence-corrected chi connectivity index (χ3v) is 4.02. The van der Waals surface area contributed by atoms with Gasteiger partial charge in [-0.3, -0.25) is 0 Å². The molecule has 1 fully saturated rings. The highest BCUT2D eigenvalue weighted by molar-refractivity contribution is 7.89. The minimum absolute atomic E-state index is 0.0484. The van der Waals surface area contributed by atoms with Gasteiger partial charge in [0, 0.05) is 19.6 Å². The Bertz CT molecular complexity index is 533. The van der Waals surface area contributed by atoms with Crippen LogP contribution in [0.5, 0.6) is 0 Å². The summed E-state index contributed by atoms with van der Waals surface area (Å²) in [5.74, 6) is 0. The Balaban J connectivity index is 2.04. The van der Waals surface area contributed by atoms with E-state index in [1.54, 1.807) is 18.2 Å². The van der Waals surface area contributed by atoms with Crippen LogP contribution in [0.1, 0.15) is 0 Å². The number of anilines is 1. The molecule has 0 spiro atoms. The highest BCUT2D eigenvalue weighted by atomic mass is 32.2. The zero-order valence-electron chi connectivity index (χ0n) is 10.9. The van der Waals surface area contributed by atoms with Crippen LogP contribution >= 0.6 is 0 Å². The van der Waals surface area contributed by atoms with Gasteiger partial charge in [0.05, 0.1) is 18.4 Å². The fourth-order valence-electron chi connectivity index (χ4n) is 2.07. The number of nitrogens with one attached hydrogen (secondary N) is 1. The molecule has 0 aromatic heterocycles. The second-order valence-corrected chi connectivity index (χ2v) is 6.21. The molecule has 0 aliphatic carbocycles. The van der Waals surface area contributed by atoms with Crippen LogP contribution in [-0.2, 0) is 14.8 Å². The molecule has 1 aromatic rings. The highest BCUT2D eigenvalue weighted by Gasteiger charge is 2.19. The Kier molecular flexibility index (Phi) is 4.41. The molecule has 0 bridgehead atoms. The van der Waals surface area contributed by atoms with Crippen LogP contribution in [0.15, 0.2) is 29.2 Å². The normalized spacial score (nSPS) is 21.3. The molecule has 1 heterocycles. The molecule has 7 heteroatoms. The van der Waals surface area contributed by atoms with Gasteiger partial charge in [0.1, 0.15) is 4.90 Å². The SMILES string of the molecule is CN1CCOC(CNc2ccccc2S(N)(=O)=O)C1. The second-order valence-electron chi connectivity index (χ2n) is 4.68. The van der Waals surface area contributed by atoms with E-state index in [0.29, 0.717) is 18.8 Å². The first-order valence-corrected chi connectivity index (χ1v) is 7.67. The van der Waals surface area contributed by atoms with Crippen molar-refractivity contribution in [1.29, 1.82) is 0 Å². The summed E-state index contributed by atoms with van der Waals surface area (Å²) in [6.45, 7) is 2.99. The molecule has 3 N–H and O–H groups in total. The van der Waals surface area contributed by atoms with E-state index >= 15 is 0 Å². The molecule has 1 atom stereocenters. The number of para-hydroxylation sites is 1. The predicted molar refractivity (Wildman–Crippen MR) is 73.5 cm³/mol. The number of hydrogen-bond acceptors (Lipinski definition) is 5. The summed E-state index contributed by atoms with van der Waals surface area (Å²) < 4.78 is 28.5. The summed E-state index contributed by atoms with van der Waals surface area (Å²) in [5.41, 5.74) is 0.516. The summed E-state index contributed by atoms with van der Waals surface area (Å²) in [4.78, 5) is 2.29. The number of primary sulfonamides is 1. The van der Waals surface area contributed by atoms with E-state index < -0.39 is 10.0 Å². The van der Waals surface area contributed by atoms with Crippen LogP contribution in [0.2, 0.25) is 0 Å². The summed E-state index contributed by atoms with van der Waals surface area (Å²) in [6, 6.07) is 6.61. The molecule has 2 rings (SSSR count). The number of sulfonamides is 1. The molecule has 1 unspecified atom stereocenters. The van der Waals surface area contributed by atoms with Crippen LogP contribution in [0.25, 0.3) is 0 Å². The van der Waals surface area contributed by atoms with Crippen LogP contribution in [-0.4, -0.2) is 52.7 Å². The number of nitrogens with zero attached hydrogens (tertiary/aromatic N) is 1. The zero-order chi connectivity index (χ0) is 13.9. The van der Waals surface area contributed by atoms with Crippen molar-refractivity contribution in [3.8, 4) is 0 Å². The van der Waals surface area contributed by atoms with Gasteiger partial charge in [0.25, 0.3) is 0 Å². The average Bonchev–Trinajstić information content (AvgIpc) is 2.36. The maximum atomic E-state index is 11.5. The van der Waals surface area contributed by atoms with Gasteiger partial charge in [-0.2, -0.15) is 0 Å². The van der Waals surface area contributed by atoms with Crippen LogP contribution in [0, 0.1) is 0 Å². The first kappa shape index (κ1) is 14.3. The van der Waals surface area contributed by atoms with Crippen molar-refractivity contribution in [3.05, 3.63) is 24.3 Å². The van der Waals surface area contributed by atoms with E-state index in [9.17, 15) is 8.42 Å². The topological polar surface area (TPSA) is 84.7 Å². The molecule has 0 amide bonds. The molecule has 1 aliphatic heterocycles. The maximum absolute atomic E-state index is 11.5. The number of benzene rings is 1. The summed E-state index contributed by atoms with van der Waals surface area (Å²) in [7, 11) is -1.68. The van der Waals surface area contributed by atoms with Crippen molar-refractivity contribution >= 4 is 15.7 Å². The molecule has 106 valence electrons. The van der Waals surface area contributed by atoms with Crippen LogP contribution < -0.4 is 10.5 Å². The molecule has 1 aromatic carbocycles. The lowest BCUT2D eigenvalue weighted by atomic mass is 10.2. The lowest BCUT2D eigenvalue weighted by Crippen LogP contribution is -2.43. The first-order chi connectivity index (χ1) is 8.97. The van der Waals surface area contributed by atoms with E-state index in [4.69, 9.17) is 9.88 Å². The predicted octanol–water partition coefficient (Wildman–Crippen LogP) is 0.0765. The van der Waals surface area contributed by atoms with Gasteiger partial charge < -0.3 is 15.0 Å². The smallest absolute Gasteiger partial charge is 0.240 e. The Morgan fingerprint density at radius 1 is 1.47 bits per heavy atom. The quantitative estimate of drug-likeness (QED) is 0.818. The van der Waals surface area contributed by atoms with Gasteiger partial charge in [-0.25, -0.2) is 13.6 Å². The molecule has 1 saturated heterocycles. The first-order valence-electron chi connectivity index (χ1n) is 6.12. The summed E-state index contributed by atoms with van der Waals surface area (Å²) in [5, 5.41) is 8.28. The van der Waals surface area contributed by atoms with Crippen LogP contribution in [0.3, 0.4) is 0 Å². The summed E-state index contributed by atoms with van der Waals surface area (Å²) >= 11 is 0. The molecular formula is C12H19N3O3S. The van der Waals surface area contributed by atoms with Crippen LogP contribution in [0.4, 0.5) is 5.69 Å². The fraction of sp³-hybridized carbons (Fsp3) is 0.500. The number of nitrogens with two attached hydrogens (primary N) is 1. The van der Waals surface area contributed by atoms with Gasteiger partial charge in [-0.05, 0) is 19.2 Å². The zero-order valence-corrected chi connectivity index (χ0v) is 11.7. The van der Waals surface area contributed by atoms with Gasteiger partial charge in [0.15, 0.2) is 0 Å².